The fourth-order valence-electron chi connectivity index (χ4n) is 4.29. The molecule has 4 aromatic carbocycles. The van der Waals surface area contributed by atoms with E-state index in [1.807, 2.05) is 0 Å². The molecule has 0 spiro atoms. The van der Waals surface area contributed by atoms with Crippen molar-refractivity contribution in [1.82, 2.24) is 0 Å². The minimum atomic E-state index is -1.19. The van der Waals surface area contributed by atoms with Crippen molar-refractivity contribution in [2.45, 2.75) is 20.3 Å². The maximum absolute atomic E-state index is 14.2. The van der Waals surface area contributed by atoms with Crippen LogP contribution in [0.4, 0.5) is 0 Å². The molecule has 4 rings (SSSR count). The Kier molecular flexibility index (Phi) is 8.92. The maximum Gasteiger partial charge on any atom is 0.343 e. The molecule has 0 saturated carbocycles. The standard InChI is InChI=1S/C33H26O9/c1-3-18-41-33(40)24-25(27(35)20-12-6-4-7-13-20)29(37)30(38)31(42-32(39)21-14-8-5-9-15-21)26(24)28(36)23-17-11-10-16-22(23)19(2)34/h4-17,37-38H,3,18H2,1-2H3. The van der Waals surface area contributed by atoms with E-state index in [1.165, 1.54) is 55.5 Å². The van der Waals surface area contributed by atoms with Gasteiger partial charge in [0.25, 0.3) is 0 Å². The molecule has 0 aliphatic rings. The Balaban J connectivity index is 2.09. The molecule has 0 aromatic heterocycles. The number of phenols is 2. The number of aromatic hydroxyl groups is 2. The number of rotatable bonds is 10. The van der Waals surface area contributed by atoms with Crippen molar-refractivity contribution in [3.8, 4) is 17.2 Å². The number of hydrogen-bond acceptors (Lipinski definition) is 9. The molecule has 0 aliphatic carbocycles. The number of hydrogen-bond donors (Lipinski definition) is 2. The monoisotopic (exact) mass is 566 g/mol. The van der Waals surface area contributed by atoms with Gasteiger partial charge in [-0.05, 0) is 25.5 Å². The second-order valence-corrected chi connectivity index (χ2v) is 9.17. The Labute approximate surface area is 241 Å². The van der Waals surface area contributed by atoms with E-state index >= 15 is 0 Å². The second-order valence-electron chi connectivity index (χ2n) is 9.17. The largest absolute Gasteiger partial charge is 0.504 e. The van der Waals surface area contributed by atoms with Gasteiger partial charge in [-0.1, -0.05) is 79.7 Å². The lowest BCUT2D eigenvalue weighted by Crippen LogP contribution is -2.22. The van der Waals surface area contributed by atoms with E-state index in [9.17, 15) is 34.2 Å². The predicted molar refractivity (Wildman–Crippen MR) is 151 cm³/mol. The summed E-state index contributed by atoms with van der Waals surface area (Å²) in [6.45, 7) is 2.84. The van der Waals surface area contributed by atoms with E-state index < -0.39 is 63.2 Å². The third-order valence-corrected chi connectivity index (χ3v) is 6.29. The van der Waals surface area contributed by atoms with Crippen molar-refractivity contribution in [3.63, 3.8) is 0 Å². The highest BCUT2D eigenvalue weighted by Gasteiger charge is 2.38. The maximum atomic E-state index is 14.2. The van der Waals surface area contributed by atoms with Gasteiger partial charge in [0.15, 0.2) is 28.8 Å². The van der Waals surface area contributed by atoms with Crippen LogP contribution in [0.15, 0.2) is 84.9 Å². The highest BCUT2D eigenvalue weighted by atomic mass is 16.5. The zero-order chi connectivity index (χ0) is 30.4. The summed E-state index contributed by atoms with van der Waals surface area (Å²) in [5, 5.41) is 22.3. The molecule has 0 radical (unpaired) electrons. The Hall–Kier alpha value is -5.57. The lowest BCUT2D eigenvalue weighted by Gasteiger charge is -2.20. The molecule has 0 aliphatic heterocycles. The lowest BCUT2D eigenvalue weighted by molar-refractivity contribution is 0.0496. The molecule has 4 aromatic rings. The number of carbonyl (C=O) groups is 5. The van der Waals surface area contributed by atoms with Gasteiger partial charge in [0.1, 0.15) is 0 Å². The third kappa shape index (κ3) is 5.80. The van der Waals surface area contributed by atoms with Gasteiger partial charge in [-0.2, -0.15) is 0 Å². The molecular formula is C33H26O9. The first-order valence-corrected chi connectivity index (χ1v) is 13.0. The number of Topliss-reactive ketones (excluding diaryl/α,β-unsaturated/α-hetero) is 1. The van der Waals surface area contributed by atoms with E-state index in [0.29, 0.717) is 6.42 Å². The molecule has 9 nitrogen and oxygen atoms in total. The number of benzene rings is 4. The number of ether oxygens (including phenoxy) is 2. The van der Waals surface area contributed by atoms with Crippen LogP contribution < -0.4 is 4.74 Å². The smallest absolute Gasteiger partial charge is 0.343 e. The van der Waals surface area contributed by atoms with Gasteiger partial charge < -0.3 is 19.7 Å². The minimum Gasteiger partial charge on any atom is -0.504 e. The topological polar surface area (TPSA) is 144 Å². The van der Waals surface area contributed by atoms with Gasteiger partial charge in [0.2, 0.25) is 5.75 Å². The number of carbonyl (C=O) groups excluding carboxylic acids is 5. The van der Waals surface area contributed by atoms with Crippen LogP contribution in [0, 0.1) is 0 Å². The average molecular weight is 567 g/mol. The SMILES string of the molecule is CCCOC(=O)c1c(C(=O)c2ccccc2)c(O)c(O)c(OC(=O)c2ccccc2)c1C(=O)c1ccccc1C(C)=O. The fraction of sp³-hybridized carbons (Fsp3) is 0.121. The predicted octanol–water partition coefficient (Wildman–Crippen LogP) is 5.55. The molecule has 42 heavy (non-hydrogen) atoms. The molecule has 9 heteroatoms. The molecule has 0 fully saturated rings. The highest BCUT2D eigenvalue weighted by Crippen LogP contribution is 2.46. The van der Waals surface area contributed by atoms with Gasteiger partial charge in [-0.15, -0.1) is 0 Å². The number of esters is 2. The summed E-state index contributed by atoms with van der Waals surface area (Å²) >= 11 is 0. The van der Waals surface area contributed by atoms with E-state index in [0.717, 1.165) is 0 Å². The van der Waals surface area contributed by atoms with Crippen molar-refractivity contribution in [2.75, 3.05) is 6.61 Å². The van der Waals surface area contributed by atoms with Crippen LogP contribution in [0.2, 0.25) is 0 Å². The first kappa shape index (κ1) is 29.4. The van der Waals surface area contributed by atoms with Crippen molar-refractivity contribution in [3.05, 3.63) is 124 Å². The van der Waals surface area contributed by atoms with Gasteiger partial charge in [0.05, 0.1) is 28.9 Å². The van der Waals surface area contributed by atoms with E-state index in [-0.39, 0.29) is 28.9 Å². The molecule has 0 atom stereocenters. The quantitative estimate of drug-likeness (QED) is 0.109. The first-order chi connectivity index (χ1) is 20.2. The Morgan fingerprint density at radius 1 is 0.619 bits per heavy atom. The van der Waals surface area contributed by atoms with Crippen molar-refractivity contribution in [2.24, 2.45) is 0 Å². The van der Waals surface area contributed by atoms with Crippen LogP contribution in [0.3, 0.4) is 0 Å². The second kappa shape index (κ2) is 12.7. The van der Waals surface area contributed by atoms with Gasteiger partial charge in [0, 0.05) is 16.7 Å². The summed E-state index contributed by atoms with van der Waals surface area (Å²) in [5.41, 5.74) is -2.38. The van der Waals surface area contributed by atoms with E-state index in [2.05, 4.69) is 0 Å². The third-order valence-electron chi connectivity index (χ3n) is 6.29. The van der Waals surface area contributed by atoms with Crippen LogP contribution in [-0.2, 0) is 4.74 Å². The highest BCUT2D eigenvalue weighted by molar-refractivity contribution is 6.25. The van der Waals surface area contributed by atoms with Gasteiger partial charge in [-0.25, -0.2) is 9.59 Å². The summed E-state index contributed by atoms with van der Waals surface area (Å²) in [7, 11) is 0. The molecule has 212 valence electrons. The molecule has 0 heterocycles. The fourth-order valence-corrected chi connectivity index (χ4v) is 4.29. The summed E-state index contributed by atoms with van der Waals surface area (Å²) < 4.78 is 10.8. The van der Waals surface area contributed by atoms with Crippen LogP contribution in [0.25, 0.3) is 0 Å². The van der Waals surface area contributed by atoms with E-state index in [1.54, 1.807) is 43.3 Å². The lowest BCUT2D eigenvalue weighted by atomic mass is 9.87. The molecule has 0 bridgehead atoms. The van der Waals surface area contributed by atoms with Crippen LogP contribution in [0.1, 0.15) is 83.2 Å². The summed E-state index contributed by atoms with van der Waals surface area (Å²) in [6.07, 6.45) is 0.379. The zero-order valence-electron chi connectivity index (χ0n) is 22.7. The summed E-state index contributed by atoms with van der Waals surface area (Å²) in [6, 6.07) is 20.8. The average Bonchev–Trinajstić information content (AvgIpc) is 3.02. The van der Waals surface area contributed by atoms with Gasteiger partial charge >= 0.3 is 11.9 Å². The van der Waals surface area contributed by atoms with Gasteiger partial charge in [-0.3, -0.25) is 14.4 Å². The first-order valence-electron chi connectivity index (χ1n) is 13.0. The van der Waals surface area contributed by atoms with Crippen molar-refractivity contribution in [1.29, 1.82) is 0 Å². The van der Waals surface area contributed by atoms with Crippen LogP contribution >= 0.6 is 0 Å². The minimum absolute atomic E-state index is 0.0216. The van der Waals surface area contributed by atoms with Crippen molar-refractivity contribution >= 4 is 29.3 Å². The molecule has 0 unspecified atom stereocenters. The molecule has 0 amide bonds. The normalized spacial score (nSPS) is 10.5. The van der Waals surface area contributed by atoms with E-state index in [4.69, 9.17) is 9.47 Å². The molecule has 0 saturated heterocycles. The van der Waals surface area contributed by atoms with Crippen LogP contribution in [-0.4, -0.2) is 46.1 Å². The number of phenolic OH excluding ortho intramolecular Hbond substituents is 2. The molecule has 2 N–H and O–H groups in total. The Bertz CT molecular complexity index is 1690. The van der Waals surface area contributed by atoms with Crippen molar-refractivity contribution < 1.29 is 43.7 Å². The summed E-state index contributed by atoms with van der Waals surface area (Å²) in [4.78, 5) is 67.0. The number of ketones is 3. The summed E-state index contributed by atoms with van der Waals surface area (Å²) in [5.74, 6) is -7.76. The Morgan fingerprint density at radius 2 is 1.17 bits per heavy atom. The Morgan fingerprint density at radius 3 is 1.74 bits per heavy atom. The molecular weight excluding hydrogens is 540 g/mol. The zero-order valence-corrected chi connectivity index (χ0v) is 22.7. The van der Waals surface area contributed by atoms with Crippen LogP contribution in [0.5, 0.6) is 17.2 Å².